The summed E-state index contributed by atoms with van der Waals surface area (Å²) in [6.45, 7) is 7.04. The fraction of sp³-hybridized carbons (Fsp3) is 0.304. The monoisotopic (exact) mass is 392 g/mol. The van der Waals surface area contributed by atoms with Crippen LogP contribution in [0.1, 0.15) is 32.5 Å². The highest BCUT2D eigenvalue weighted by molar-refractivity contribution is 6.99. The highest BCUT2D eigenvalue weighted by Crippen LogP contribution is 2.37. The van der Waals surface area contributed by atoms with E-state index in [9.17, 15) is 5.11 Å². The number of hydrogen-bond acceptors (Lipinski definition) is 4. The normalized spacial score (nSPS) is 13.3. The maximum atomic E-state index is 9.98. The maximum absolute atomic E-state index is 9.98. The van der Waals surface area contributed by atoms with Crippen molar-refractivity contribution in [1.82, 2.24) is 9.97 Å². The Morgan fingerprint density at radius 2 is 1.36 bits per heavy atom. The van der Waals surface area contributed by atoms with Crippen LogP contribution in [0.3, 0.4) is 0 Å². The van der Waals surface area contributed by atoms with Gasteiger partial charge >= 0.3 is 0 Å². The molecule has 0 spiro atoms. The van der Waals surface area contributed by atoms with Crippen molar-refractivity contribution in [2.24, 2.45) is 0 Å². The van der Waals surface area contributed by atoms with Gasteiger partial charge in [0, 0.05) is 19.0 Å². The van der Waals surface area contributed by atoms with Crippen LogP contribution in [-0.2, 0) is 4.43 Å². The minimum Gasteiger partial charge on any atom is -0.407 e. The molecule has 28 heavy (non-hydrogen) atoms. The smallest absolute Gasteiger partial charge is 0.261 e. The third kappa shape index (κ3) is 4.07. The van der Waals surface area contributed by atoms with Gasteiger partial charge in [-0.2, -0.15) is 0 Å². The second-order valence-electron chi connectivity index (χ2n) is 7.96. The molecule has 0 aliphatic heterocycles. The number of aromatic nitrogens is 2. The molecule has 0 radical (unpaired) electrons. The van der Waals surface area contributed by atoms with E-state index in [-0.39, 0.29) is 17.6 Å². The number of aliphatic hydroxyl groups excluding tert-OH is 1. The molecule has 3 aromatic rings. The predicted molar refractivity (Wildman–Crippen MR) is 115 cm³/mol. The first-order valence-electron chi connectivity index (χ1n) is 9.62. The molecule has 146 valence electrons. The Morgan fingerprint density at radius 1 is 0.857 bits per heavy atom. The fourth-order valence-electron chi connectivity index (χ4n) is 3.72. The molecule has 0 amide bonds. The average molecular weight is 393 g/mol. The number of aliphatic hydroxyl groups is 1. The van der Waals surface area contributed by atoms with Crippen LogP contribution in [0, 0.1) is 0 Å². The van der Waals surface area contributed by atoms with Crippen molar-refractivity contribution >= 4 is 18.7 Å². The topological polar surface area (TPSA) is 55.2 Å². The molecule has 0 saturated carbocycles. The van der Waals surface area contributed by atoms with E-state index >= 15 is 0 Å². The summed E-state index contributed by atoms with van der Waals surface area (Å²) in [7, 11) is -2.63. The largest absolute Gasteiger partial charge is 0.407 e. The highest BCUT2D eigenvalue weighted by atomic mass is 28.4. The van der Waals surface area contributed by atoms with E-state index in [1.54, 1.807) is 18.5 Å². The van der Waals surface area contributed by atoms with Crippen LogP contribution in [0.5, 0.6) is 0 Å². The third-order valence-corrected chi connectivity index (χ3v) is 10.1. The molecule has 1 aromatic heterocycles. The zero-order valence-corrected chi connectivity index (χ0v) is 17.7. The molecular formula is C23H28N2O2Si. The van der Waals surface area contributed by atoms with Gasteiger partial charge in [-0.25, -0.2) is 9.97 Å². The molecule has 0 bridgehead atoms. The van der Waals surface area contributed by atoms with Crippen LogP contribution in [-0.4, -0.2) is 36.6 Å². The summed E-state index contributed by atoms with van der Waals surface area (Å²) in [5, 5.41) is 12.3. The van der Waals surface area contributed by atoms with Crippen molar-refractivity contribution in [1.29, 1.82) is 0 Å². The summed E-state index contributed by atoms with van der Waals surface area (Å²) in [6, 6.07) is 22.8. The molecular weight excluding hydrogens is 364 g/mol. The van der Waals surface area contributed by atoms with Gasteiger partial charge in [0.05, 0.1) is 12.5 Å². The summed E-state index contributed by atoms with van der Waals surface area (Å²) in [5.74, 6) is 0.353. The maximum Gasteiger partial charge on any atom is 0.261 e. The lowest BCUT2D eigenvalue weighted by molar-refractivity contribution is 0.193. The Morgan fingerprint density at radius 3 is 1.79 bits per heavy atom. The number of nitrogens with zero attached hydrogens (tertiary/aromatic N) is 2. The van der Waals surface area contributed by atoms with Crippen molar-refractivity contribution in [3.63, 3.8) is 0 Å². The van der Waals surface area contributed by atoms with Gasteiger partial charge in [0.2, 0.25) is 0 Å². The molecule has 0 fully saturated rings. The Balaban J connectivity index is 2.06. The molecule has 0 aliphatic carbocycles. The van der Waals surface area contributed by atoms with Crippen LogP contribution < -0.4 is 10.4 Å². The molecule has 0 aliphatic rings. The SMILES string of the molecule is CC(C)(C)[Si](OCC(CO)c1ncccn1)(c1ccccc1)c1ccccc1. The van der Waals surface area contributed by atoms with Crippen molar-refractivity contribution in [2.75, 3.05) is 13.2 Å². The lowest BCUT2D eigenvalue weighted by Crippen LogP contribution is -2.66. The van der Waals surface area contributed by atoms with E-state index in [2.05, 4.69) is 79.3 Å². The van der Waals surface area contributed by atoms with Gasteiger partial charge in [-0.15, -0.1) is 0 Å². The van der Waals surface area contributed by atoms with Gasteiger partial charge < -0.3 is 9.53 Å². The number of benzene rings is 2. The zero-order valence-electron chi connectivity index (χ0n) is 16.7. The summed E-state index contributed by atoms with van der Waals surface area (Å²) in [6.07, 6.45) is 3.40. The molecule has 1 unspecified atom stereocenters. The van der Waals surface area contributed by atoms with Crippen LogP contribution in [0.4, 0.5) is 0 Å². The van der Waals surface area contributed by atoms with Crippen molar-refractivity contribution < 1.29 is 9.53 Å². The average Bonchev–Trinajstić information content (AvgIpc) is 2.72. The molecule has 1 heterocycles. The van der Waals surface area contributed by atoms with Gasteiger partial charge in [0.1, 0.15) is 5.82 Å². The van der Waals surface area contributed by atoms with Crippen molar-refractivity contribution in [3.8, 4) is 0 Å². The van der Waals surface area contributed by atoms with E-state index in [0.29, 0.717) is 12.4 Å². The number of rotatable bonds is 7. The summed E-state index contributed by atoms with van der Waals surface area (Å²) >= 11 is 0. The van der Waals surface area contributed by atoms with Crippen molar-refractivity contribution in [2.45, 2.75) is 31.7 Å². The molecule has 5 heteroatoms. The fourth-order valence-corrected chi connectivity index (χ4v) is 8.32. The Kier molecular flexibility index (Phi) is 6.39. The van der Waals surface area contributed by atoms with Gasteiger partial charge in [0.25, 0.3) is 8.32 Å². The quantitative estimate of drug-likeness (QED) is 0.628. The second-order valence-corrected chi connectivity index (χ2v) is 12.3. The van der Waals surface area contributed by atoms with Crippen LogP contribution in [0.15, 0.2) is 79.1 Å². The Labute approximate surface area is 168 Å². The van der Waals surface area contributed by atoms with Gasteiger partial charge in [-0.3, -0.25) is 0 Å². The lowest BCUT2D eigenvalue weighted by atomic mass is 10.1. The van der Waals surface area contributed by atoms with E-state index in [0.717, 1.165) is 0 Å². The van der Waals surface area contributed by atoms with E-state index in [1.165, 1.54) is 10.4 Å². The molecule has 2 aromatic carbocycles. The minimum atomic E-state index is -2.63. The van der Waals surface area contributed by atoms with Crippen LogP contribution >= 0.6 is 0 Å². The van der Waals surface area contributed by atoms with E-state index in [4.69, 9.17) is 4.43 Å². The molecule has 4 nitrogen and oxygen atoms in total. The molecule has 0 saturated heterocycles. The van der Waals surface area contributed by atoms with E-state index < -0.39 is 8.32 Å². The third-order valence-electron chi connectivity index (χ3n) is 5.09. The summed E-state index contributed by atoms with van der Waals surface area (Å²) in [4.78, 5) is 8.65. The number of hydrogen-bond donors (Lipinski definition) is 1. The van der Waals surface area contributed by atoms with Gasteiger partial charge in [-0.05, 0) is 21.5 Å². The van der Waals surface area contributed by atoms with Gasteiger partial charge in [-0.1, -0.05) is 81.4 Å². The molecule has 1 atom stereocenters. The Bertz CT molecular complexity index is 813. The first-order chi connectivity index (χ1) is 13.5. The van der Waals surface area contributed by atoms with Gasteiger partial charge in [0.15, 0.2) is 0 Å². The van der Waals surface area contributed by atoms with Crippen LogP contribution in [0.2, 0.25) is 5.04 Å². The first-order valence-corrected chi connectivity index (χ1v) is 11.5. The highest BCUT2D eigenvalue weighted by Gasteiger charge is 2.50. The zero-order chi connectivity index (χ0) is 20.0. The predicted octanol–water partition coefficient (Wildman–Crippen LogP) is 3.13. The lowest BCUT2D eigenvalue weighted by Gasteiger charge is -2.43. The van der Waals surface area contributed by atoms with Crippen LogP contribution in [0.25, 0.3) is 0 Å². The van der Waals surface area contributed by atoms with E-state index in [1.807, 2.05) is 12.1 Å². The molecule has 3 rings (SSSR count). The summed E-state index contributed by atoms with van der Waals surface area (Å²) < 4.78 is 6.87. The molecule has 1 N–H and O–H groups in total. The summed E-state index contributed by atoms with van der Waals surface area (Å²) in [5.41, 5.74) is 0. The Hall–Kier alpha value is -2.34. The first kappa shape index (κ1) is 20.4. The minimum absolute atomic E-state index is 0.0534. The van der Waals surface area contributed by atoms with Crippen molar-refractivity contribution in [3.05, 3.63) is 84.9 Å². The standard InChI is InChI=1S/C23H28N2O2Si/c1-23(2,3)28(20-11-6-4-7-12-20,21-13-8-5-9-14-21)27-18-19(17-26)22-24-15-10-16-25-22/h4-16,19,26H,17-18H2,1-3H3. The second kappa shape index (κ2) is 8.77.